The van der Waals surface area contributed by atoms with Crippen LogP contribution in [0.4, 0.5) is 5.69 Å². The van der Waals surface area contributed by atoms with Gasteiger partial charge in [-0.3, -0.25) is 14.9 Å². The molecule has 0 aliphatic carbocycles. The fourth-order valence-corrected chi connectivity index (χ4v) is 3.84. The number of ether oxygens (including phenoxy) is 1. The molecule has 2 aliphatic heterocycles. The molecule has 0 bridgehead atoms. The Morgan fingerprint density at radius 3 is 2.50 bits per heavy atom. The molecule has 1 aromatic rings. The van der Waals surface area contributed by atoms with Crippen molar-refractivity contribution in [1.29, 1.82) is 5.26 Å². The van der Waals surface area contributed by atoms with Crippen LogP contribution in [0, 0.1) is 11.5 Å². The zero-order chi connectivity index (χ0) is 22.9. The Morgan fingerprint density at radius 2 is 1.84 bits per heavy atom. The van der Waals surface area contributed by atoms with Gasteiger partial charge in [0.1, 0.15) is 6.04 Å². The molecular formula is C22H28N6O4. The first-order chi connectivity index (χ1) is 15.5. The van der Waals surface area contributed by atoms with E-state index in [2.05, 4.69) is 20.4 Å². The predicted octanol–water partition coefficient (Wildman–Crippen LogP) is 1.32. The van der Waals surface area contributed by atoms with Crippen molar-refractivity contribution in [2.45, 2.75) is 38.1 Å². The van der Waals surface area contributed by atoms with Gasteiger partial charge >= 0.3 is 5.97 Å². The number of aliphatic imine (C=N–C) groups is 1. The molecule has 3 rings (SSSR count). The number of likely N-dealkylation sites (tertiary alicyclic amines) is 2. The largest absolute Gasteiger partial charge is 0.465 e. The fraction of sp³-hybridized carbons (Fsp3) is 0.500. The van der Waals surface area contributed by atoms with Crippen LogP contribution in [-0.2, 0) is 14.3 Å². The summed E-state index contributed by atoms with van der Waals surface area (Å²) in [7, 11) is 1.31. The number of nitrogens with one attached hydrogen (secondary N) is 2. The van der Waals surface area contributed by atoms with Gasteiger partial charge in [-0.2, -0.15) is 5.26 Å². The molecule has 0 aromatic heterocycles. The van der Waals surface area contributed by atoms with Crippen LogP contribution in [0.25, 0.3) is 0 Å². The van der Waals surface area contributed by atoms with Crippen LogP contribution in [0.3, 0.4) is 0 Å². The van der Waals surface area contributed by atoms with Gasteiger partial charge in [-0.25, -0.2) is 9.79 Å². The van der Waals surface area contributed by atoms with Crippen LogP contribution in [0.2, 0.25) is 0 Å². The van der Waals surface area contributed by atoms with Gasteiger partial charge in [0.05, 0.1) is 19.2 Å². The highest BCUT2D eigenvalue weighted by Gasteiger charge is 2.30. The quantitative estimate of drug-likeness (QED) is 0.232. The zero-order valence-electron chi connectivity index (χ0n) is 18.2. The number of rotatable bonds is 5. The molecule has 0 spiro atoms. The molecule has 1 atom stereocenters. The van der Waals surface area contributed by atoms with Crippen molar-refractivity contribution < 1.29 is 19.1 Å². The summed E-state index contributed by atoms with van der Waals surface area (Å²) in [4.78, 5) is 45.1. The van der Waals surface area contributed by atoms with Gasteiger partial charge in [-0.05, 0) is 56.4 Å². The lowest BCUT2D eigenvalue weighted by Crippen LogP contribution is -2.45. The van der Waals surface area contributed by atoms with Gasteiger partial charge in [0.15, 0.2) is 6.19 Å². The highest BCUT2D eigenvalue weighted by atomic mass is 16.5. The maximum Gasteiger partial charge on any atom is 0.337 e. The molecule has 0 unspecified atom stereocenters. The molecule has 0 saturated carbocycles. The molecular weight excluding hydrogens is 412 g/mol. The van der Waals surface area contributed by atoms with Gasteiger partial charge in [-0.1, -0.05) is 0 Å². The summed E-state index contributed by atoms with van der Waals surface area (Å²) in [6.07, 6.45) is 5.96. The smallest absolute Gasteiger partial charge is 0.337 e. The third kappa shape index (κ3) is 5.97. The lowest BCUT2D eigenvalue weighted by Gasteiger charge is -2.25. The van der Waals surface area contributed by atoms with E-state index in [-0.39, 0.29) is 24.3 Å². The van der Waals surface area contributed by atoms with Gasteiger partial charge in [0, 0.05) is 25.3 Å². The first kappa shape index (κ1) is 23.1. The van der Waals surface area contributed by atoms with E-state index < -0.39 is 12.0 Å². The van der Waals surface area contributed by atoms with Crippen molar-refractivity contribution in [3.05, 3.63) is 29.8 Å². The third-order valence-corrected chi connectivity index (χ3v) is 5.57. The Bertz CT molecular complexity index is 902. The Balaban J connectivity index is 1.71. The standard InChI is InChI=1S/C22H28N6O4/c1-32-21(31)16-7-9-17(10-8-16)25-22(24-15-23)26-18-6-2-3-13-28(20(18)30)14-19(29)27-11-4-5-12-27/h7-10,18H,2-6,11-14H2,1H3,(H2,24,25,26)/t18-/m0/s1. The zero-order valence-corrected chi connectivity index (χ0v) is 18.2. The molecule has 10 heteroatoms. The lowest BCUT2D eigenvalue weighted by molar-refractivity contribution is -0.140. The molecule has 2 aliphatic rings. The van der Waals surface area contributed by atoms with Crippen molar-refractivity contribution in [3.8, 4) is 6.19 Å². The number of carbonyl (C=O) groups excluding carboxylic acids is 3. The van der Waals surface area contributed by atoms with Crippen molar-refractivity contribution in [2.75, 3.05) is 38.6 Å². The SMILES string of the molecule is COC(=O)c1ccc(NC(=N[C@H]2CCCCN(CC(=O)N3CCCC3)C2=O)NC#N)cc1. The van der Waals surface area contributed by atoms with E-state index in [0.29, 0.717) is 24.2 Å². The summed E-state index contributed by atoms with van der Waals surface area (Å²) in [5.41, 5.74) is 0.975. The second-order valence-electron chi connectivity index (χ2n) is 7.77. The van der Waals surface area contributed by atoms with E-state index in [1.54, 1.807) is 34.1 Å². The molecule has 2 amide bonds. The second-order valence-corrected chi connectivity index (χ2v) is 7.77. The molecule has 170 valence electrons. The molecule has 2 heterocycles. The van der Waals surface area contributed by atoms with Crippen molar-refractivity contribution in [2.24, 2.45) is 4.99 Å². The molecule has 2 saturated heterocycles. The fourth-order valence-electron chi connectivity index (χ4n) is 3.84. The number of methoxy groups -OCH3 is 1. The van der Waals surface area contributed by atoms with Crippen LogP contribution in [0.1, 0.15) is 42.5 Å². The van der Waals surface area contributed by atoms with E-state index in [4.69, 9.17) is 5.26 Å². The average Bonchev–Trinajstić information content (AvgIpc) is 3.29. The molecule has 32 heavy (non-hydrogen) atoms. The monoisotopic (exact) mass is 440 g/mol. The van der Waals surface area contributed by atoms with Crippen molar-refractivity contribution in [3.63, 3.8) is 0 Å². The number of amides is 2. The first-order valence-corrected chi connectivity index (χ1v) is 10.8. The van der Waals surface area contributed by atoms with E-state index >= 15 is 0 Å². The van der Waals surface area contributed by atoms with Gasteiger partial charge in [0.2, 0.25) is 17.8 Å². The molecule has 2 N–H and O–H groups in total. The van der Waals surface area contributed by atoms with Crippen LogP contribution >= 0.6 is 0 Å². The van der Waals surface area contributed by atoms with Crippen LogP contribution in [0.5, 0.6) is 0 Å². The number of nitriles is 1. The highest BCUT2D eigenvalue weighted by Crippen LogP contribution is 2.17. The molecule has 10 nitrogen and oxygen atoms in total. The van der Waals surface area contributed by atoms with Gasteiger partial charge in [-0.15, -0.1) is 0 Å². The summed E-state index contributed by atoms with van der Waals surface area (Å²) in [5.74, 6) is -0.563. The van der Waals surface area contributed by atoms with Crippen LogP contribution in [-0.4, -0.2) is 72.9 Å². The van der Waals surface area contributed by atoms with E-state index in [1.807, 2.05) is 6.19 Å². The minimum absolute atomic E-state index is 0.0281. The van der Waals surface area contributed by atoms with Gasteiger partial charge < -0.3 is 19.9 Å². The van der Waals surface area contributed by atoms with Crippen molar-refractivity contribution in [1.82, 2.24) is 15.1 Å². The molecule has 1 aromatic carbocycles. The Morgan fingerprint density at radius 1 is 1.16 bits per heavy atom. The summed E-state index contributed by atoms with van der Waals surface area (Å²) in [6, 6.07) is 5.77. The maximum absolute atomic E-state index is 13.1. The number of hydrogen-bond donors (Lipinski definition) is 2. The second kappa shape index (κ2) is 11.1. The number of anilines is 1. The Labute approximate surface area is 187 Å². The topological polar surface area (TPSA) is 127 Å². The maximum atomic E-state index is 13.1. The number of esters is 1. The minimum Gasteiger partial charge on any atom is -0.465 e. The van der Waals surface area contributed by atoms with Crippen molar-refractivity contribution >= 4 is 29.4 Å². The normalized spacial score (nSPS) is 19.2. The number of carbonyl (C=O) groups is 3. The predicted molar refractivity (Wildman–Crippen MR) is 118 cm³/mol. The van der Waals surface area contributed by atoms with E-state index in [9.17, 15) is 14.4 Å². The third-order valence-electron chi connectivity index (χ3n) is 5.57. The van der Waals surface area contributed by atoms with E-state index in [1.165, 1.54) is 7.11 Å². The summed E-state index contributed by atoms with van der Waals surface area (Å²) < 4.78 is 4.68. The Kier molecular flexibility index (Phi) is 8.02. The summed E-state index contributed by atoms with van der Waals surface area (Å²) in [5, 5.41) is 14.6. The lowest BCUT2D eigenvalue weighted by atomic mass is 10.1. The first-order valence-electron chi connectivity index (χ1n) is 10.8. The highest BCUT2D eigenvalue weighted by molar-refractivity contribution is 5.97. The van der Waals surface area contributed by atoms with Crippen LogP contribution < -0.4 is 10.6 Å². The number of nitrogens with zero attached hydrogens (tertiary/aromatic N) is 4. The van der Waals surface area contributed by atoms with E-state index in [0.717, 1.165) is 38.8 Å². The molecule has 2 fully saturated rings. The van der Waals surface area contributed by atoms with Gasteiger partial charge in [0.25, 0.3) is 0 Å². The summed E-state index contributed by atoms with van der Waals surface area (Å²) in [6.45, 7) is 2.08. The number of guanidine groups is 1. The Hall–Kier alpha value is -3.61. The van der Waals surface area contributed by atoms with Crippen LogP contribution in [0.15, 0.2) is 29.3 Å². The average molecular weight is 441 g/mol. The minimum atomic E-state index is -0.693. The number of benzene rings is 1. The molecule has 0 radical (unpaired) electrons. The number of hydrogen-bond acceptors (Lipinski definition) is 6. The summed E-state index contributed by atoms with van der Waals surface area (Å²) >= 11 is 0.